The molecule has 0 fully saturated rings. The number of nitrogens with zero attached hydrogens (tertiary/aromatic N) is 2. The van der Waals surface area contributed by atoms with E-state index in [1.807, 2.05) is 22.6 Å². The summed E-state index contributed by atoms with van der Waals surface area (Å²) < 4.78 is 37.9. The van der Waals surface area contributed by atoms with Gasteiger partial charge in [0.25, 0.3) is 0 Å². The molecule has 2 aromatic rings. The third-order valence-electron chi connectivity index (χ3n) is 3.25. The zero-order chi connectivity index (χ0) is 20.0. The maximum Gasteiger partial charge on any atom is 0.331 e. The van der Waals surface area contributed by atoms with Crippen LogP contribution >= 0.6 is 22.6 Å². The Hall–Kier alpha value is -2.65. The van der Waals surface area contributed by atoms with E-state index in [0.717, 1.165) is 13.2 Å². The van der Waals surface area contributed by atoms with Gasteiger partial charge in [0.1, 0.15) is 30.9 Å². The zero-order valence-corrected chi connectivity index (χ0v) is 16.0. The van der Waals surface area contributed by atoms with E-state index in [0.29, 0.717) is 3.57 Å². The summed E-state index contributed by atoms with van der Waals surface area (Å²) in [4.78, 5) is 27.1. The van der Waals surface area contributed by atoms with Crippen LogP contribution < -0.4 is 5.32 Å². The number of rotatable bonds is 7. The Morgan fingerprint density at radius 3 is 2.63 bits per heavy atom. The second-order valence-electron chi connectivity index (χ2n) is 5.07. The highest BCUT2D eigenvalue weighted by Gasteiger charge is 2.19. The van der Waals surface area contributed by atoms with E-state index in [1.54, 1.807) is 12.1 Å². The van der Waals surface area contributed by atoms with Crippen molar-refractivity contribution in [3.05, 3.63) is 50.7 Å². The van der Waals surface area contributed by atoms with Gasteiger partial charge in [-0.3, -0.25) is 4.79 Å². The number of Topliss-reactive ketones (excluding diaryl/α,β-unsaturated/α-hetero) is 1. The third kappa shape index (κ3) is 5.41. The van der Waals surface area contributed by atoms with E-state index in [2.05, 4.69) is 15.0 Å². The highest BCUT2D eigenvalue weighted by molar-refractivity contribution is 14.1. The molecule has 0 aliphatic carbocycles. The molecule has 7 nitrogen and oxygen atoms in total. The molecule has 1 heterocycles. The van der Waals surface area contributed by atoms with Crippen molar-refractivity contribution in [2.45, 2.75) is 0 Å². The van der Waals surface area contributed by atoms with Gasteiger partial charge in [-0.25, -0.2) is 18.6 Å². The molecule has 0 radical (unpaired) electrons. The number of halogens is 3. The standard InChI is InChI=1S/C17H12F2IN3O4/c1-26-16(25)8-27-7-15(24)10-5-12(19)14(6-21)23-17(10)22-13-3-2-9(20)4-11(13)18/h2-5H,7-8H2,1H3,(H,22,23). The molecule has 0 bridgehead atoms. The van der Waals surface area contributed by atoms with E-state index in [1.165, 1.54) is 12.1 Å². The minimum absolute atomic E-state index is 0.0112. The number of anilines is 2. The molecule has 0 amide bonds. The van der Waals surface area contributed by atoms with Crippen LogP contribution in [-0.2, 0) is 14.3 Å². The van der Waals surface area contributed by atoms with E-state index >= 15 is 0 Å². The number of ketones is 1. The van der Waals surface area contributed by atoms with E-state index in [-0.39, 0.29) is 17.1 Å². The lowest BCUT2D eigenvalue weighted by molar-refractivity contribution is -0.145. The molecule has 0 saturated carbocycles. The Morgan fingerprint density at radius 2 is 2.00 bits per heavy atom. The Labute approximate surface area is 166 Å². The summed E-state index contributed by atoms with van der Waals surface area (Å²) in [7, 11) is 1.16. The number of ether oxygens (including phenoxy) is 2. The van der Waals surface area contributed by atoms with Gasteiger partial charge in [0, 0.05) is 3.57 Å². The van der Waals surface area contributed by atoms with Crippen molar-refractivity contribution in [3.8, 4) is 6.07 Å². The number of benzene rings is 1. The Bertz CT molecular complexity index is 931. The summed E-state index contributed by atoms with van der Waals surface area (Å²) in [5.41, 5.74) is -0.826. The van der Waals surface area contributed by atoms with Gasteiger partial charge in [0.05, 0.1) is 18.4 Å². The highest BCUT2D eigenvalue weighted by atomic mass is 127. The molecule has 1 N–H and O–H groups in total. The van der Waals surface area contributed by atoms with E-state index in [4.69, 9.17) is 10.00 Å². The molecule has 140 valence electrons. The smallest absolute Gasteiger partial charge is 0.331 e. The van der Waals surface area contributed by atoms with Crippen LogP contribution in [-0.4, -0.2) is 37.1 Å². The van der Waals surface area contributed by atoms with Crippen molar-refractivity contribution in [1.29, 1.82) is 5.26 Å². The molecular formula is C17H12F2IN3O4. The molecule has 2 rings (SSSR count). The van der Waals surface area contributed by atoms with Gasteiger partial charge in [-0.15, -0.1) is 0 Å². The number of aromatic nitrogens is 1. The number of pyridine rings is 1. The molecule has 0 unspecified atom stereocenters. The molecular weight excluding hydrogens is 475 g/mol. The lowest BCUT2D eigenvalue weighted by atomic mass is 10.1. The molecule has 10 heteroatoms. The zero-order valence-electron chi connectivity index (χ0n) is 13.9. The Kier molecular flexibility index (Phi) is 7.14. The van der Waals surface area contributed by atoms with Gasteiger partial charge < -0.3 is 14.8 Å². The van der Waals surface area contributed by atoms with Crippen molar-refractivity contribution >= 4 is 45.8 Å². The van der Waals surface area contributed by atoms with Crippen LogP contribution in [0.4, 0.5) is 20.3 Å². The van der Waals surface area contributed by atoms with Gasteiger partial charge in [-0.2, -0.15) is 5.26 Å². The fraction of sp³-hybridized carbons (Fsp3) is 0.176. The first-order valence-corrected chi connectivity index (χ1v) is 8.44. The summed E-state index contributed by atoms with van der Waals surface area (Å²) in [6, 6.07) is 6.63. The fourth-order valence-corrected chi connectivity index (χ4v) is 2.41. The first kappa shape index (κ1) is 20.7. The maximum absolute atomic E-state index is 14.1. The lowest BCUT2D eigenvalue weighted by Gasteiger charge is -2.12. The third-order valence-corrected chi connectivity index (χ3v) is 3.92. The van der Waals surface area contributed by atoms with Crippen LogP contribution in [0.15, 0.2) is 24.3 Å². The van der Waals surface area contributed by atoms with Crippen LogP contribution in [0.2, 0.25) is 0 Å². The van der Waals surface area contributed by atoms with Crippen molar-refractivity contribution in [3.63, 3.8) is 0 Å². The van der Waals surface area contributed by atoms with Crippen molar-refractivity contribution in [2.24, 2.45) is 0 Å². The first-order valence-electron chi connectivity index (χ1n) is 7.36. The minimum Gasteiger partial charge on any atom is -0.467 e. The summed E-state index contributed by atoms with van der Waals surface area (Å²) in [6.07, 6.45) is 0. The minimum atomic E-state index is -1.01. The Morgan fingerprint density at radius 1 is 1.26 bits per heavy atom. The molecule has 27 heavy (non-hydrogen) atoms. The van der Waals surface area contributed by atoms with Crippen LogP contribution in [0.1, 0.15) is 16.1 Å². The van der Waals surface area contributed by atoms with Crippen LogP contribution in [0.5, 0.6) is 0 Å². The number of hydrogen-bond donors (Lipinski definition) is 1. The monoisotopic (exact) mass is 487 g/mol. The maximum atomic E-state index is 14.1. The number of methoxy groups -OCH3 is 1. The van der Waals surface area contributed by atoms with Gasteiger partial charge >= 0.3 is 5.97 Å². The molecule has 1 aromatic carbocycles. The van der Waals surface area contributed by atoms with Crippen LogP contribution in [0, 0.1) is 26.5 Å². The molecule has 0 spiro atoms. The number of nitrogens with one attached hydrogen (secondary N) is 1. The lowest BCUT2D eigenvalue weighted by Crippen LogP contribution is -2.18. The largest absolute Gasteiger partial charge is 0.467 e. The van der Waals surface area contributed by atoms with E-state index < -0.39 is 42.3 Å². The molecule has 0 atom stereocenters. The Balaban J connectivity index is 2.32. The number of carbonyl (C=O) groups is 2. The highest BCUT2D eigenvalue weighted by Crippen LogP contribution is 2.25. The molecule has 0 saturated heterocycles. The summed E-state index contributed by atoms with van der Waals surface area (Å²) in [6.45, 7) is -1.03. The SMILES string of the molecule is COC(=O)COCC(=O)c1cc(F)c(C#N)nc1Nc1ccc(I)cc1F. The number of esters is 1. The number of nitriles is 1. The molecule has 0 aliphatic heterocycles. The fourth-order valence-electron chi connectivity index (χ4n) is 1.96. The predicted molar refractivity (Wildman–Crippen MR) is 98.5 cm³/mol. The topological polar surface area (TPSA) is 101 Å². The van der Waals surface area contributed by atoms with Gasteiger partial charge in [0.2, 0.25) is 0 Å². The summed E-state index contributed by atoms with van der Waals surface area (Å²) in [5.74, 6) is -3.25. The average Bonchev–Trinajstić information content (AvgIpc) is 2.64. The number of carbonyl (C=O) groups excluding carboxylic acids is 2. The second-order valence-corrected chi connectivity index (χ2v) is 6.31. The van der Waals surface area contributed by atoms with Crippen molar-refractivity contribution in [2.75, 3.05) is 25.6 Å². The van der Waals surface area contributed by atoms with Crippen molar-refractivity contribution in [1.82, 2.24) is 4.98 Å². The van der Waals surface area contributed by atoms with Gasteiger partial charge in [-0.05, 0) is 46.9 Å². The molecule has 1 aromatic heterocycles. The quantitative estimate of drug-likeness (QED) is 0.364. The normalized spacial score (nSPS) is 10.2. The van der Waals surface area contributed by atoms with Crippen LogP contribution in [0.3, 0.4) is 0 Å². The van der Waals surface area contributed by atoms with Crippen LogP contribution in [0.25, 0.3) is 0 Å². The first-order chi connectivity index (χ1) is 12.8. The average molecular weight is 487 g/mol. The van der Waals surface area contributed by atoms with Crippen molar-refractivity contribution < 1.29 is 27.8 Å². The van der Waals surface area contributed by atoms with E-state index in [9.17, 15) is 18.4 Å². The van der Waals surface area contributed by atoms with Gasteiger partial charge in [0.15, 0.2) is 17.3 Å². The second kappa shape index (κ2) is 9.33. The summed E-state index contributed by atoms with van der Waals surface area (Å²) >= 11 is 1.93. The molecule has 0 aliphatic rings. The van der Waals surface area contributed by atoms with Gasteiger partial charge in [-0.1, -0.05) is 0 Å². The summed E-state index contributed by atoms with van der Waals surface area (Å²) in [5, 5.41) is 11.5. The number of hydrogen-bond acceptors (Lipinski definition) is 7. The predicted octanol–water partition coefficient (Wildman–Crippen LogP) is 2.95.